The van der Waals surface area contributed by atoms with Crippen LogP contribution in [0, 0.1) is 5.92 Å². The minimum absolute atomic E-state index is 0.0633. The number of carbonyl (C=O) groups excluding carboxylic acids is 2. The van der Waals surface area contributed by atoms with Gasteiger partial charge >= 0.3 is 18.4 Å². The Kier molecular flexibility index (Phi) is 8.20. The summed E-state index contributed by atoms with van der Waals surface area (Å²) in [7, 11) is 1.36. The molecule has 1 aliphatic rings. The first-order valence-electron chi connectivity index (χ1n) is 11.4. The van der Waals surface area contributed by atoms with Gasteiger partial charge in [0.1, 0.15) is 0 Å². The van der Waals surface area contributed by atoms with Gasteiger partial charge in [-0.15, -0.1) is 0 Å². The molecule has 0 bridgehead atoms. The van der Waals surface area contributed by atoms with E-state index in [9.17, 15) is 35.9 Å². The standard InChI is InChI=1S/C25H27F6N3O2/c1-3-32-23(36)34-10-9-20(21(15-34)17-7-5-4-6-8-17)22(35)33(2)14-16-11-18(24(26,27)28)13-19(12-16)25(29,30)31/h4-8,11-13,20-21H,3,9-10,14-15H2,1-2H3,(H,32,36). The summed E-state index contributed by atoms with van der Waals surface area (Å²) in [6.45, 7) is 2.34. The number of amides is 3. The predicted molar refractivity (Wildman–Crippen MR) is 121 cm³/mol. The van der Waals surface area contributed by atoms with E-state index in [2.05, 4.69) is 5.32 Å². The molecule has 1 saturated heterocycles. The maximum absolute atomic E-state index is 13.4. The van der Waals surface area contributed by atoms with Gasteiger partial charge in [0.15, 0.2) is 0 Å². The number of rotatable bonds is 5. The summed E-state index contributed by atoms with van der Waals surface area (Å²) in [4.78, 5) is 28.6. The summed E-state index contributed by atoms with van der Waals surface area (Å²) in [5, 5.41) is 2.73. The Morgan fingerprint density at radius 1 is 1.00 bits per heavy atom. The molecular formula is C25H27F6N3O2. The van der Waals surface area contributed by atoms with Gasteiger partial charge in [0.05, 0.1) is 11.1 Å². The average molecular weight is 515 g/mol. The van der Waals surface area contributed by atoms with Crippen molar-refractivity contribution < 1.29 is 35.9 Å². The number of carbonyl (C=O) groups is 2. The smallest absolute Gasteiger partial charge is 0.341 e. The van der Waals surface area contributed by atoms with Gasteiger partial charge in [0, 0.05) is 45.1 Å². The van der Waals surface area contributed by atoms with Crippen molar-refractivity contribution in [3.8, 4) is 0 Å². The van der Waals surface area contributed by atoms with Gasteiger partial charge in [0.25, 0.3) is 0 Å². The van der Waals surface area contributed by atoms with E-state index in [-0.39, 0.29) is 30.1 Å². The molecule has 2 aromatic carbocycles. The number of hydrogen-bond donors (Lipinski definition) is 1. The summed E-state index contributed by atoms with van der Waals surface area (Å²) in [6.07, 6.45) is -9.64. The van der Waals surface area contributed by atoms with E-state index >= 15 is 0 Å². The Bertz CT molecular complexity index is 1040. The van der Waals surface area contributed by atoms with E-state index in [1.807, 2.05) is 18.2 Å². The van der Waals surface area contributed by atoms with Crippen molar-refractivity contribution in [3.63, 3.8) is 0 Å². The van der Waals surface area contributed by atoms with Crippen LogP contribution >= 0.6 is 0 Å². The van der Waals surface area contributed by atoms with Crippen LogP contribution in [0.4, 0.5) is 31.1 Å². The lowest BCUT2D eigenvalue weighted by atomic mass is 9.80. The SMILES string of the molecule is CCNC(=O)N1CCC(C(=O)N(C)Cc2cc(C(F)(F)F)cc(C(F)(F)F)c2)C(c2ccccc2)C1. The highest BCUT2D eigenvalue weighted by molar-refractivity contribution is 5.81. The van der Waals surface area contributed by atoms with Gasteiger partial charge in [-0.1, -0.05) is 30.3 Å². The Morgan fingerprint density at radius 3 is 2.11 bits per heavy atom. The summed E-state index contributed by atoms with van der Waals surface area (Å²) in [6, 6.07) is 10.1. The lowest BCUT2D eigenvalue weighted by Gasteiger charge is -2.39. The quantitative estimate of drug-likeness (QED) is 0.534. The van der Waals surface area contributed by atoms with E-state index in [1.165, 1.54) is 7.05 Å². The Balaban J connectivity index is 1.86. The monoisotopic (exact) mass is 515 g/mol. The zero-order valence-electron chi connectivity index (χ0n) is 19.8. The highest BCUT2D eigenvalue weighted by Crippen LogP contribution is 2.37. The van der Waals surface area contributed by atoms with E-state index < -0.39 is 41.8 Å². The molecule has 3 rings (SSSR count). The highest BCUT2D eigenvalue weighted by Gasteiger charge is 2.39. The number of alkyl halides is 6. The van der Waals surface area contributed by atoms with Crippen LogP contribution in [-0.4, -0.2) is 48.4 Å². The third kappa shape index (κ3) is 6.50. The van der Waals surface area contributed by atoms with Gasteiger partial charge < -0.3 is 15.1 Å². The molecule has 2 atom stereocenters. The van der Waals surface area contributed by atoms with Crippen molar-refractivity contribution >= 4 is 11.9 Å². The molecule has 1 N–H and O–H groups in total. The molecule has 2 aromatic rings. The second kappa shape index (κ2) is 10.8. The first kappa shape index (κ1) is 27.3. The van der Waals surface area contributed by atoms with Gasteiger partial charge in [-0.2, -0.15) is 26.3 Å². The first-order valence-corrected chi connectivity index (χ1v) is 11.4. The molecule has 1 heterocycles. The zero-order valence-corrected chi connectivity index (χ0v) is 19.8. The van der Waals surface area contributed by atoms with E-state index in [0.29, 0.717) is 31.6 Å². The molecule has 196 valence electrons. The lowest BCUT2D eigenvalue weighted by molar-refractivity contribution is -0.143. The van der Waals surface area contributed by atoms with Crippen LogP contribution in [0.2, 0.25) is 0 Å². The van der Waals surface area contributed by atoms with Crippen LogP contribution in [0.25, 0.3) is 0 Å². The van der Waals surface area contributed by atoms with E-state index in [0.717, 1.165) is 10.5 Å². The Labute approximate surface area is 205 Å². The summed E-state index contributed by atoms with van der Waals surface area (Å²) >= 11 is 0. The van der Waals surface area contributed by atoms with E-state index in [4.69, 9.17) is 0 Å². The Morgan fingerprint density at radius 2 is 1.58 bits per heavy atom. The molecule has 0 spiro atoms. The highest BCUT2D eigenvalue weighted by atomic mass is 19.4. The molecule has 36 heavy (non-hydrogen) atoms. The molecule has 0 aromatic heterocycles. The van der Waals surface area contributed by atoms with Gasteiger partial charge in [0.2, 0.25) is 5.91 Å². The van der Waals surface area contributed by atoms with Crippen molar-refractivity contribution in [3.05, 3.63) is 70.8 Å². The Hall–Kier alpha value is -3.24. The number of urea groups is 1. The molecular weight excluding hydrogens is 488 g/mol. The maximum atomic E-state index is 13.4. The van der Waals surface area contributed by atoms with Gasteiger partial charge in [-0.05, 0) is 42.7 Å². The molecule has 0 saturated carbocycles. The molecule has 5 nitrogen and oxygen atoms in total. The normalized spacial score (nSPS) is 18.6. The molecule has 1 aliphatic heterocycles. The summed E-state index contributed by atoms with van der Waals surface area (Å²) < 4.78 is 79.4. The van der Waals surface area contributed by atoms with Crippen LogP contribution in [0.3, 0.4) is 0 Å². The maximum Gasteiger partial charge on any atom is 0.416 e. The number of benzene rings is 2. The van der Waals surface area contributed by atoms with Crippen LogP contribution in [-0.2, 0) is 23.7 Å². The number of hydrogen-bond acceptors (Lipinski definition) is 2. The number of piperidine rings is 1. The van der Waals surface area contributed by atoms with Crippen molar-refractivity contribution in [1.82, 2.24) is 15.1 Å². The molecule has 0 aliphatic carbocycles. The van der Waals surface area contributed by atoms with Crippen LogP contribution < -0.4 is 5.32 Å². The topological polar surface area (TPSA) is 52.7 Å². The van der Waals surface area contributed by atoms with E-state index in [1.54, 1.807) is 24.0 Å². The average Bonchev–Trinajstić information content (AvgIpc) is 2.82. The number of halogens is 6. The fraction of sp³-hybridized carbons (Fsp3) is 0.440. The molecule has 0 radical (unpaired) electrons. The molecule has 3 amide bonds. The van der Waals surface area contributed by atoms with Crippen molar-refractivity contribution in [2.75, 3.05) is 26.7 Å². The minimum Gasteiger partial charge on any atom is -0.341 e. The summed E-state index contributed by atoms with van der Waals surface area (Å²) in [5.74, 6) is -1.40. The summed E-state index contributed by atoms with van der Waals surface area (Å²) in [5.41, 5.74) is -2.31. The zero-order chi connectivity index (χ0) is 26.7. The van der Waals surface area contributed by atoms with Gasteiger partial charge in [-0.25, -0.2) is 4.79 Å². The fourth-order valence-electron chi connectivity index (χ4n) is 4.48. The van der Waals surface area contributed by atoms with Crippen LogP contribution in [0.15, 0.2) is 48.5 Å². The first-order chi connectivity index (χ1) is 16.8. The van der Waals surface area contributed by atoms with Crippen molar-refractivity contribution in [2.24, 2.45) is 5.92 Å². The second-order valence-corrected chi connectivity index (χ2v) is 8.80. The van der Waals surface area contributed by atoms with Crippen LogP contribution in [0.5, 0.6) is 0 Å². The lowest BCUT2D eigenvalue weighted by Crippen LogP contribution is -2.50. The fourth-order valence-corrected chi connectivity index (χ4v) is 4.48. The number of likely N-dealkylation sites (tertiary alicyclic amines) is 1. The molecule has 1 fully saturated rings. The van der Waals surface area contributed by atoms with Crippen molar-refractivity contribution in [1.29, 1.82) is 0 Å². The third-order valence-electron chi connectivity index (χ3n) is 6.22. The molecule has 2 unspecified atom stereocenters. The number of nitrogens with zero attached hydrogens (tertiary/aromatic N) is 2. The van der Waals surface area contributed by atoms with Crippen molar-refractivity contribution in [2.45, 2.75) is 38.2 Å². The molecule has 11 heteroatoms. The van der Waals surface area contributed by atoms with Gasteiger partial charge in [-0.3, -0.25) is 4.79 Å². The predicted octanol–water partition coefficient (Wildman–Crippen LogP) is 5.52. The largest absolute Gasteiger partial charge is 0.416 e. The number of nitrogens with one attached hydrogen (secondary N) is 1. The third-order valence-corrected chi connectivity index (χ3v) is 6.22. The minimum atomic E-state index is -4.97. The second-order valence-electron chi connectivity index (χ2n) is 8.80. The van der Waals surface area contributed by atoms with Crippen LogP contribution in [0.1, 0.15) is 41.5 Å².